The largest absolute Gasteiger partial charge is 0.298 e. The molecule has 3 aromatic rings. The fourth-order valence-electron chi connectivity index (χ4n) is 2.23. The summed E-state index contributed by atoms with van der Waals surface area (Å²) in [6.07, 6.45) is 0. The molecule has 116 valence electrons. The third-order valence-corrected chi connectivity index (χ3v) is 4.55. The van der Waals surface area contributed by atoms with Gasteiger partial charge in [-0.2, -0.15) is 0 Å². The molecule has 3 rings (SSSR count). The number of carbonyl (C=O) groups excluding carboxylic acids is 1. The molecule has 5 heteroatoms. The summed E-state index contributed by atoms with van der Waals surface area (Å²) in [4.78, 5) is 17.9. The number of hydrogen-bond donors (Lipinski definition) is 1. The van der Waals surface area contributed by atoms with Crippen LogP contribution in [0.4, 0.5) is 5.13 Å². The van der Waals surface area contributed by atoms with Gasteiger partial charge in [0.05, 0.1) is 5.69 Å². The van der Waals surface area contributed by atoms with Crippen molar-refractivity contribution in [3.8, 4) is 11.3 Å². The Kier molecular flexibility index (Phi) is 4.46. The predicted octanol–water partition coefficient (Wildman–Crippen LogP) is 5.33. The van der Waals surface area contributed by atoms with Gasteiger partial charge in [-0.05, 0) is 32.0 Å². The minimum Gasteiger partial charge on any atom is -0.298 e. The molecule has 2 aromatic carbocycles. The van der Waals surface area contributed by atoms with Crippen molar-refractivity contribution in [3.63, 3.8) is 0 Å². The van der Waals surface area contributed by atoms with Crippen LogP contribution in [-0.4, -0.2) is 10.9 Å². The van der Waals surface area contributed by atoms with Gasteiger partial charge in [0.15, 0.2) is 5.13 Å². The normalized spacial score (nSPS) is 10.6. The zero-order valence-corrected chi connectivity index (χ0v) is 14.3. The SMILES string of the molecule is Cc1ccc(-c2nc(NC(=O)c3cccc(Cl)c3)sc2C)cc1. The summed E-state index contributed by atoms with van der Waals surface area (Å²) >= 11 is 7.39. The molecule has 1 amide bonds. The quantitative estimate of drug-likeness (QED) is 0.698. The molecule has 0 unspecified atom stereocenters. The average Bonchev–Trinajstić information content (AvgIpc) is 2.88. The van der Waals surface area contributed by atoms with E-state index in [9.17, 15) is 4.79 Å². The van der Waals surface area contributed by atoms with E-state index in [2.05, 4.69) is 22.4 Å². The lowest BCUT2D eigenvalue weighted by atomic mass is 10.1. The molecular weight excluding hydrogens is 328 g/mol. The Balaban J connectivity index is 1.83. The van der Waals surface area contributed by atoms with Crippen LogP contribution in [0, 0.1) is 13.8 Å². The number of nitrogens with zero attached hydrogens (tertiary/aromatic N) is 1. The molecule has 0 saturated heterocycles. The van der Waals surface area contributed by atoms with Gasteiger partial charge in [0.1, 0.15) is 0 Å². The Morgan fingerprint density at radius 3 is 2.57 bits per heavy atom. The molecule has 0 aliphatic heterocycles. The van der Waals surface area contributed by atoms with E-state index in [1.807, 2.05) is 26.0 Å². The first-order chi connectivity index (χ1) is 11.0. The molecule has 3 nitrogen and oxygen atoms in total. The van der Waals surface area contributed by atoms with Crippen LogP contribution < -0.4 is 5.32 Å². The Hall–Kier alpha value is -2.17. The number of benzene rings is 2. The van der Waals surface area contributed by atoms with Crippen molar-refractivity contribution >= 4 is 34.0 Å². The van der Waals surface area contributed by atoms with Gasteiger partial charge in [-0.15, -0.1) is 11.3 Å². The van der Waals surface area contributed by atoms with Gasteiger partial charge >= 0.3 is 0 Å². The van der Waals surface area contributed by atoms with Gasteiger partial charge in [-0.3, -0.25) is 10.1 Å². The van der Waals surface area contributed by atoms with Crippen LogP contribution in [0.3, 0.4) is 0 Å². The van der Waals surface area contributed by atoms with E-state index in [0.29, 0.717) is 15.7 Å². The lowest BCUT2D eigenvalue weighted by Gasteiger charge is -2.02. The number of aryl methyl sites for hydroxylation is 2. The predicted molar refractivity (Wildman–Crippen MR) is 96.4 cm³/mol. The van der Waals surface area contributed by atoms with E-state index in [-0.39, 0.29) is 5.91 Å². The first-order valence-corrected chi connectivity index (χ1v) is 8.34. The molecule has 1 aromatic heterocycles. The van der Waals surface area contributed by atoms with Gasteiger partial charge in [0.25, 0.3) is 5.91 Å². The third-order valence-electron chi connectivity index (χ3n) is 3.43. The average molecular weight is 343 g/mol. The molecule has 0 aliphatic rings. The number of aromatic nitrogens is 1. The van der Waals surface area contributed by atoms with E-state index in [1.54, 1.807) is 24.3 Å². The summed E-state index contributed by atoms with van der Waals surface area (Å²) in [5.74, 6) is -0.211. The summed E-state index contributed by atoms with van der Waals surface area (Å²) < 4.78 is 0. The standard InChI is InChI=1S/C18H15ClN2OS/c1-11-6-8-13(9-7-11)16-12(2)23-18(20-16)21-17(22)14-4-3-5-15(19)10-14/h3-10H,1-2H3,(H,20,21,22). The van der Waals surface area contributed by atoms with Gasteiger partial charge in [0.2, 0.25) is 0 Å². The lowest BCUT2D eigenvalue weighted by Crippen LogP contribution is -2.11. The maximum absolute atomic E-state index is 12.3. The number of amides is 1. The van der Waals surface area contributed by atoms with Crippen LogP contribution in [0.1, 0.15) is 20.8 Å². The number of carbonyl (C=O) groups is 1. The van der Waals surface area contributed by atoms with Crippen molar-refractivity contribution in [3.05, 3.63) is 69.6 Å². The lowest BCUT2D eigenvalue weighted by molar-refractivity contribution is 0.102. The second-order valence-corrected chi connectivity index (χ2v) is 6.89. The highest BCUT2D eigenvalue weighted by molar-refractivity contribution is 7.16. The van der Waals surface area contributed by atoms with Crippen LogP contribution in [-0.2, 0) is 0 Å². The molecular formula is C18H15ClN2OS. The number of halogens is 1. The van der Waals surface area contributed by atoms with Gasteiger partial charge in [-0.1, -0.05) is 47.5 Å². The summed E-state index contributed by atoms with van der Waals surface area (Å²) in [5.41, 5.74) is 3.67. The van der Waals surface area contributed by atoms with Crippen molar-refractivity contribution in [1.82, 2.24) is 4.98 Å². The van der Waals surface area contributed by atoms with Crippen molar-refractivity contribution in [2.24, 2.45) is 0 Å². The smallest absolute Gasteiger partial charge is 0.257 e. The van der Waals surface area contributed by atoms with Crippen molar-refractivity contribution in [2.75, 3.05) is 5.32 Å². The zero-order chi connectivity index (χ0) is 16.4. The van der Waals surface area contributed by atoms with Crippen LogP contribution in [0.25, 0.3) is 11.3 Å². The molecule has 0 spiro atoms. The molecule has 0 bridgehead atoms. The number of nitrogens with one attached hydrogen (secondary N) is 1. The maximum atomic E-state index is 12.3. The van der Waals surface area contributed by atoms with Crippen molar-refractivity contribution in [1.29, 1.82) is 0 Å². The second-order valence-electron chi connectivity index (χ2n) is 5.25. The Bertz CT molecular complexity index is 856. The Labute approximate surface area is 144 Å². The van der Waals surface area contributed by atoms with Crippen LogP contribution in [0.5, 0.6) is 0 Å². The van der Waals surface area contributed by atoms with Crippen LogP contribution in [0.2, 0.25) is 5.02 Å². The number of hydrogen-bond acceptors (Lipinski definition) is 3. The van der Waals surface area contributed by atoms with E-state index >= 15 is 0 Å². The fraction of sp³-hybridized carbons (Fsp3) is 0.111. The molecule has 1 heterocycles. The minimum atomic E-state index is -0.211. The van der Waals surface area contributed by atoms with Crippen LogP contribution >= 0.6 is 22.9 Å². The summed E-state index contributed by atoms with van der Waals surface area (Å²) in [7, 11) is 0. The molecule has 1 N–H and O–H groups in total. The Morgan fingerprint density at radius 2 is 1.87 bits per heavy atom. The van der Waals surface area contributed by atoms with E-state index in [1.165, 1.54) is 16.9 Å². The number of rotatable bonds is 3. The highest BCUT2D eigenvalue weighted by Crippen LogP contribution is 2.30. The first-order valence-electron chi connectivity index (χ1n) is 7.14. The summed E-state index contributed by atoms with van der Waals surface area (Å²) in [6, 6.07) is 15.0. The fourth-order valence-corrected chi connectivity index (χ4v) is 3.25. The van der Waals surface area contributed by atoms with Gasteiger partial charge < -0.3 is 0 Å². The van der Waals surface area contributed by atoms with Crippen molar-refractivity contribution < 1.29 is 4.79 Å². The number of anilines is 1. The second kappa shape index (κ2) is 6.52. The topological polar surface area (TPSA) is 42.0 Å². The van der Waals surface area contributed by atoms with E-state index in [0.717, 1.165) is 16.1 Å². The van der Waals surface area contributed by atoms with Gasteiger partial charge in [0, 0.05) is 21.0 Å². The first kappa shape index (κ1) is 15.7. The molecule has 0 fully saturated rings. The van der Waals surface area contributed by atoms with E-state index in [4.69, 9.17) is 11.6 Å². The van der Waals surface area contributed by atoms with Crippen molar-refractivity contribution in [2.45, 2.75) is 13.8 Å². The van der Waals surface area contributed by atoms with E-state index < -0.39 is 0 Å². The van der Waals surface area contributed by atoms with Crippen LogP contribution in [0.15, 0.2) is 48.5 Å². The molecule has 0 aliphatic carbocycles. The molecule has 0 atom stereocenters. The molecule has 0 saturated carbocycles. The molecule has 0 radical (unpaired) electrons. The summed E-state index contributed by atoms with van der Waals surface area (Å²) in [5, 5.41) is 3.96. The minimum absolute atomic E-state index is 0.211. The Morgan fingerprint density at radius 1 is 1.13 bits per heavy atom. The molecule has 23 heavy (non-hydrogen) atoms. The summed E-state index contributed by atoms with van der Waals surface area (Å²) in [6.45, 7) is 4.05. The highest BCUT2D eigenvalue weighted by Gasteiger charge is 2.13. The highest BCUT2D eigenvalue weighted by atomic mass is 35.5. The zero-order valence-electron chi connectivity index (χ0n) is 12.8. The number of thiazole rings is 1. The third kappa shape index (κ3) is 3.60. The monoisotopic (exact) mass is 342 g/mol. The van der Waals surface area contributed by atoms with Gasteiger partial charge in [-0.25, -0.2) is 4.98 Å². The maximum Gasteiger partial charge on any atom is 0.257 e.